The van der Waals surface area contributed by atoms with E-state index < -0.39 is 41.3 Å². The first-order chi connectivity index (χ1) is 16.7. The van der Waals surface area contributed by atoms with Crippen LogP contribution in [0.3, 0.4) is 0 Å². The molecule has 2 N–H and O–H groups in total. The number of hydrogen-bond acceptors (Lipinski definition) is 4. The number of rotatable bonds is 8. The number of benzene rings is 3. The summed E-state index contributed by atoms with van der Waals surface area (Å²) in [5.41, 5.74) is 1.38. The van der Waals surface area contributed by atoms with E-state index in [1.54, 1.807) is 0 Å². The summed E-state index contributed by atoms with van der Waals surface area (Å²) >= 11 is 0. The van der Waals surface area contributed by atoms with Crippen LogP contribution < -0.4 is 5.32 Å². The lowest BCUT2D eigenvalue weighted by molar-refractivity contribution is -0.132. The lowest BCUT2D eigenvalue weighted by Gasteiger charge is -2.25. The van der Waals surface area contributed by atoms with E-state index in [1.165, 1.54) is 13.0 Å². The number of nitrogens with one attached hydrogen (secondary N) is 1. The highest BCUT2D eigenvalue weighted by molar-refractivity contribution is 6.07. The van der Waals surface area contributed by atoms with Crippen molar-refractivity contribution < 1.29 is 28.2 Å². The van der Waals surface area contributed by atoms with Gasteiger partial charge in [0.1, 0.15) is 11.6 Å². The zero-order valence-electron chi connectivity index (χ0n) is 19.4. The summed E-state index contributed by atoms with van der Waals surface area (Å²) in [7, 11) is 0. The van der Waals surface area contributed by atoms with Crippen molar-refractivity contribution in [3.8, 4) is 0 Å². The molecule has 0 radical (unpaired) electrons. The van der Waals surface area contributed by atoms with Crippen molar-refractivity contribution in [3.63, 3.8) is 0 Å². The largest absolute Gasteiger partial charge is 0.389 e. The van der Waals surface area contributed by atoms with Gasteiger partial charge in [0.2, 0.25) is 0 Å². The van der Waals surface area contributed by atoms with Crippen LogP contribution >= 0.6 is 0 Å². The van der Waals surface area contributed by atoms with Crippen LogP contribution in [-0.2, 0) is 15.1 Å². The van der Waals surface area contributed by atoms with Gasteiger partial charge in [-0.25, -0.2) is 13.6 Å². The molecule has 4 rings (SSSR count). The number of hydrogen-bond donors (Lipinski definition) is 2. The van der Waals surface area contributed by atoms with Gasteiger partial charge >= 0.3 is 6.03 Å². The van der Waals surface area contributed by atoms with E-state index in [4.69, 9.17) is 4.74 Å². The summed E-state index contributed by atoms with van der Waals surface area (Å²) in [6, 6.07) is 19.6. The highest BCUT2D eigenvalue weighted by atomic mass is 19.2. The van der Waals surface area contributed by atoms with Crippen LogP contribution in [0.1, 0.15) is 35.3 Å². The van der Waals surface area contributed by atoms with Crippen molar-refractivity contribution in [2.45, 2.75) is 31.6 Å². The molecule has 1 aliphatic rings. The Labute approximate surface area is 202 Å². The third-order valence-corrected chi connectivity index (χ3v) is 6.19. The zero-order valence-corrected chi connectivity index (χ0v) is 19.4. The number of ether oxygens (including phenoxy) is 1. The highest BCUT2D eigenvalue weighted by Gasteiger charge is 2.49. The molecule has 35 heavy (non-hydrogen) atoms. The molecule has 1 fully saturated rings. The minimum Gasteiger partial charge on any atom is -0.389 e. The Morgan fingerprint density at radius 1 is 1.00 bits per heavy atom. The second-order valence-corrected chi connectivity index (χ2v) is 8.73. The van der Waals surface area contributed by atoms with E-state index >= 15 is 0 Å². The monoisotopic (exact) mass is 480 g/mol. The van der Waals surface area contributed by atoms with Gasteiger partial charge in [-0.15, -0.1) is 0 Å². The van der Waals surface area contributed by atoms with Gasteiger partial charge in [-0.1, -0.05) is 60.7 Å². The molecule has 182 valence electrons. The molecule has 3 atom stereocenters. The van der Waals surface area contributed by atoms with Crippen molar-refractivity contribution in [1.29, 1.82) is 0 Å². The van der Waals surface area contributed by atoms with E-state index in [1.807, 2.05) is 61.5 Å². The minimum absolute atomic E-state index is 0.103. The first-order valence-corrected chi connectivity index (χ1v) is 11.2. The Balaban J connectivity index is 1.48. The van der Waals surface area contributed by atoms with Crippen molar-refractivity contribution >= 4 is 11.9 Å². The average molecular weight is 481 g/mol. The van der Waals surface area contributed by atoms with Gasteiger partial charge in [0, 0.05) is 0 Å². The van der Waals surface area contributed by atoms with Crippen LogP contribution in [0.2, 0.25) is 0 Å². The number of aliphatic hydroxyl groups excluding tert-OH is 1. The average Bonchev–Trinajstić information content (AvgIpc) is 3.06. The smallest absolute Gasteiger partial charge is 0.325 e. The molecule has 0 saturated carbocycles. The predicted octanol–water partition coefficient (Wildman–Crippen LogP) is 4.21. The molecule has 3 aromatic carbocycles. The molecule has 0 aliphatic carbocycles. The highest BCUT2D eigenvalue weighted by Crippen LogP contribution is 2.31. The molecule has 1 heterocycles. The summed E-state index contributed by atoms with van der Waals surface area (Å²) in [4.78, 5) is 26.5. The third kappa shape index (κ3) is 4.94. The van der Waals surface area contributed by atoms with Crippen molar-refractivity contribution in [3.05, 3.63) is 107 Å². The maximum atomic E-state index is 13.7. The standard InChI is InChI=1S/C27H26F2N2O4/c1-17-8-6-7-11-21(17)24(18-9-4-3-5-10-18)35-16-20(32)15-31-25(33)27(2,30-26(31)34)19-12-13-22(28)23(29)14-19/h3-14,20,24,32H,15-16H2,1-2H3,(H,30,34). The molecular weight excluding hydrogens is 454 g/mol. The van der Waals surface area contributed by atoms with Gasteiger partial charge in [-0.2, -0.15) is 0 Å². The van der Waals surface area contributed by atoms with Gasteiger partial charge in [0.05, 0.1) is 19.3 Å². The summed E-state index contributed by atoms with van der Waals surface area (Å²) in [6.45, 7) is 2.91. The summed E-state index contributed by atoms with van der Waals surface area (Å²) in [5, 5.41) is 13.2. The van der Waals surface area contributed by atoms with Gasteiger partial charge in [0.25, 0.3) is 5.91 Å². The molecule has 8 heteroatoms. The SMILES string of the molecule is Cc1ccccc1C(OCC(O)CN1C(=O)NC(C)(c2ccc(F)c(F)c2)C1=O)c1ccccc1. The number of amides is 3. The number of nitrogens with zero attached hydrogens (tertiary/aromatic N) is 1. The molecule has 6 nitrogen and oxygen atoms in total. The number of halogens is 2. The summed E-state index contributed by atoms with van der Waals surface area (Å²) in [6.07, 6.45) is -1.63. The molecule has 0 aromatic heterocycles. The molecular formula is C27H26F2N2O4. The van der Waals surface area contributed by atoms with Crippen LogP contribution in [0.5, 0.6) is 0 Å². The maximum absolute atomic E-state index is 13.7. The molecule has 3 amide bonds. The van der Waals surface area contributed by atoms with Gasteiger partial charge in [-0.05, 0) is 48.2 Å². The summed E-state index contributed by atoms with van der Waals surface area (Å²) < 4.78 is 33.2. The molecule has 1 aliphatic heterocycles. The van der Waals surface area contributed by atoms with E-state index in [9.17, 15) is 23.5 Å². The van der Waals surface area contributed by atoms with Crippen LogP contribution in [0.25, 0.3) is 0 Å². The fraction of sp³-hybridized carbons (Fsp3) is 0.259. The Hall–Kier alpha value is -3.62. The topological polar surface area (TPSA) is 78.9 Å². The van der Waals surface area contributed by atoms with Crippen LogP contribution in [0, 0.1) is 18.6 Å². The van der Waals surface area contributed by atoms with E-state index in [2.05, 4.69) is 5.32 Å². The van der Waals surface area contributed by atoms with Crippen molar-refractivity contribution in [2.75, 3.05) is 13.2 Å². The van der Waals surface area contributed by atoms with Crippen LogP contribution in [0.15, 0.2) is 72.8 Å². The Morgan fingerprint density at radius 2 is 1.69 bits per heavy atom. The number of aliphatic hydroxyl groups is 1. The van der Waals surface area contributed by atoms with Crippen LogP contribution in [-0.4, -0.2) is 41.2 Å². The Bertz CT molecular complexity index is 1240. The minimum atomic E-state index is -1.58. The lowest BCUT2D eigenvalue weighted by atomic mass is 9.92. The Kier molecular flexibility index (Phi) is 6.95. The molecule has 3 unspecified atom stereocenters. The van der Waals surface area contributed by atoms with Crippen LogP contribution in [0.4, 0.5) is 13.6 Å². The number of carbonyl (C=O) groups excluding carboxylic acids is 2. The van der Waals surface area contributed by atoms with E-state index in [0.717, 1.165) is 33.7 Å². The molecule has 0 bridgehead atoms. The van der Waals surface area contributed by atoms with E-state index in [-0.39, 0.29) is 18.7 Å². The van der Waals surface area contributed by atoms with E-state index in [0.29, 0.717) is 0 Å². The van der Waals surface area contributed by atoms with Crippen molar-refractivity contribution in [2.24, 2.45) is 0 Å². The Morgan fingerprint density at radius 3 is 2.37 bits per heavy atom. The third-order valence-electron chi connectivity index (χ3n) is 6.19. The molecule has 0 spiro atoms. The van der Waals surface area contributed by atoms with Gasteiger partial charge in [-0.3, -0.25) is 9.69 Å². The zero-order chi connectivity index (χ0) is 25.2. The molecule has 1 saturated heterocycles. The maximum Gasteiger partial charge on any atom is 0.325 e. The van der Waals surface area contributed by atoms with Crippen molar-refractivity contribution in [1.82, 2.24) is 10.2 Å². The second kappa shape index (κ2) is 9.93. The number of urea groups is 1. The van der Waals surface area contributed by atoms with Gasteiger partial charge < -0.3 is 15.2 Å². The number of β-amino-alcohol motifs (C(OH)–C–C–N with tert-alkyl or cyclic N) is 1. The predicted molar refractivity (Wildman–Crippen MR) is 125 cm³/mol. The lowest BCUT2D eigenvalue weighted by Crippen LogP contribution is -2.42. The summed E-state index contributed by atoms with van der Waals surface area (Å²) in [5.74, 6) is -2.85. The quantitative estimate of drug-likeness (QED) is 0.474. The first-order valence-electron chi connectivity index (χ1n) is 11.2. The second-order valence-electron chi connectivity index (χ2n) is 8.73. The fourth-order valence-corrected chi connectivity index (χ4v) is 4.21. The first kappa shape index (κ1) is 24.5. The number of aryl methyl sites for hydroxylation is 1. The fourth-order valence-electron chi connectivity index (χ4n) is 4.21. The number of imide groups is 1. The number of carbonyl (C=O) groups is 2. The van der Waals surface area contributed by atoms with Gasteiger partial charge in [0.15, 0.2) is 11.6 Å². The molecule has 3 aromatic rings. The normalized spacial score (nSPS) is 19.5.